The summed E-state index contributed by atoms with van der Waals surface area (Å²) >= 11 is 5.98. The Balaban J connectivity index is 1.11. The smallest absolute Gasteiger partial charge is 0.320 e. The first-order chi connectivity index (χ1) is 19.9. The topological polar surface area (TPSA) is 89.1 Å². The first kappa shape index (κ1) is 27.9. The molecule has 0 amide bonds. The lowest BCUT2D eigenvalue weighted by Gasteiger charge is -2.45. The number of hydrogen-bond acceptors (Lipinski definition) is 9. The molecule has 0 unspecified atom stereocenters. The molecule has 9 nitrogen and oxygen atoms in total. The van der Waals surface area contributed by atoms with Crippen LogP contribution >= 0.6 is 11.6 Å². The van der Waals surface area contributed by atoms with Crippen LogP contribution in [0.3, 0.4) is 0 Å². The zero-order valence-corrected chi connectivity index (χ0v) is 24.0. The van der Waals surface area contributed by atoms with Gasteiger partial charge in [-0.3, -0.25) is 9.69 Å². The Morgan fingerprint density at radius 2 is 1.95 bits per heavy atom. The minimum atomic E-state index is -0.480. The summed E-state index contributed by atoms with van der Waals surface area (Å²) in [4.78, 5) is 25.3. The third-order valence-electron chi connectivity index (χ3n) is 7.99. The maximum absolute atomic E-state index is 13.7. The summed E-state index contributed by atoms with van der Waals surface area (Å²) in [5.41, 5.74) is 0.985. The van der Waals surface area contributed by atoms with Crippen LogP contribution in [-0.4, -0.2) is 84.3 Å². The SMILES string of the molecule is CN1CC(=O)OC2(CCN(CCCOc3cc4c(Nc5ccc(F)c(Cl)c5)ncnc4cc3OCC3CC3)CC2)C1. The van der Waals surface area contributed by atoms with E-state index in [9.17, 15) is 9.18 Å². The molecule has 0 bridgehead atoms. The maximum Gasteiger partial charge on any atom is 0.320 e. The summed E-state index contributed by atoms with van der Waals surface area (Å²) in [7, 11) is 1.98. The van der Waals surface area contributed by atoms with Gasteiger partial charge in [-0.2, -0.15) is 0 Å². The molecule has 2 aromatic carbocycles. The van der Waals surface area contributed by atoms with Gasteiger partial charge in [-0.15, -0.1) is 0 Å². The Hall–Kier alpha value is -3.21. The molecule has 6 rings (SSSR count). The molecule has 1 aliphatic carbocycles. The van der Waals surface area contributed by atoms with Gasteiger partial charge in [0.05, 0.1) is 30.3 Å². The summed E-state index contributed by atoms with van der Waals surface area (Å²) in [6.07, 6.45) is 6.40. The number of carbonyl (C=O) groups excluding carboxylic acids is 1. The van der Waals surface area contributed by atoms with Crippen LogP contribution in [0.2, 0.25) is 5.02 Å². The lowest BCUT2D eigenvalue weighted by atomic mass is 9.89. The highest BCUT2D eigenvalue weighted by Crippen LogP contribution is 2.37. The molecule has 1 N–H and O–H groups in total. The number of nitrogens with one attached hydrogen (secondary N) is 1. The molecule has 1 aromatic heterocycles. The van der Waals surface area contributed by atoms with Crippen LogP contribution in [0.1, 0.15) is 32.1 Å². The van der Waals surface area contributed by atoms with E-state index in [-0.39, 0.29) is 16.6 Å². The number of aromatic nitrogens is 2. The predicted molar refractivity (Wildman–Crippen MR) is 155 cm³/mol. The van der Waals surface area contributed by atoms with Crippen LogP contribution in [0.4, 0.5) is 15.9 Å². The minimum Gasteiger partial charge on any atom is -0.490 e. The van der Waals surface area contributed by atoms with E-state index in [0.29, 0.717) is 54.2 Å². The Morgan fingerprint density at radius 1 is 1.15 bits per heavy atom. The van der Waals surface area contributed by atoms with E-state index in [1.54, 1.807) is 6.07 Å². The summed E-state index contributed by atoms with van der Waals surface area (Å²) in [5, 5.41) is 4.01. The number of likely N-dealkylation sites (tertiary alicyclic amines) is 1. The molecule has 1 saturated carbocycles. The molecule has 0 radical (unpaired) electrons. The van der Waals surface area contributed by atoms with Gasteiger partial charge in [0.1, 0.15) is 23.6 Å². The largest absolute Gasteiger partial charge is 0.490 e. The van der Waals surface area contributed by atoms with E-state index in [1.165, 1.54) is 31.3 Å². The van der Waals surface area contributed by atoms with Gasteiger partial charge in [-0.25, -0.2) is 14.4 Å². The Bertz CT molecular complexity index is 1410. The standard InChI is InChI=1S/C30H35ClFN5O4/c1-36-16-28(38)41-30(18-36)7-10-37(11-8-30)9-2-12-39-26-14-22-25(15-27(26)40-17-20-3-4-20)33-19-34-29(22)35-21-5-6-24(32)23(31)13-21/h5-6,13-15,19-20H,2-4,7-12,16-18H2,1H3,(H,33,34,35). The number of ether oxygens (including phenoxy) is 3. The fourth-order valence-electron chi connectivity index (χ4n) is 5.58. The molecule has 2 saturated heterocycles. The van der Waals surface area contributed by atoms with Crippen LogP contribution < -0.4 is 14.8 Å². The van der Waals surface area contributed by atoms with Crippen molar-refractivity contribution in [2.24, 2.45) is 5.92 Å². The number of esters is 1. The summed E-state index contributed by atoms with van der Waals surface area (Å²) in [5.74, 6) is 1.86. The monoisotopic (exact) mass is 583 g/mol. The molecule has 218 valence electrons. The molecule has 11 heteroatoms. The zero-order valence-electron chi connectivity index (χ0n) is 23.2. The van der Waals surface area contributed by atoms with Gasteiger partial charge >= 0.3 is 5.97 Å². The van der Waals surface area contributed by atoms with E-state index < -0.39 is 5.82 Å². The number of halogens is 2. The minimum absolute atomic E-state index is 0.0316. The molecule has 3 fully saturated rings. The highest BCUT2D eigenvalue weighted by Gasteiger charge is 2.42. The van der Waals surface area contributed by atoms with Crippen molar-refractivity contribution < 1.29 is 23.4 Å². The number of anilines is 2. The second-order valence-corrected chi connectivity index (χ2v) is 11.8. The quantitative estimate of drug-likeness (QED) is 0.260. The number of nitrogens with zero attached hydrogens (tertiary/aromatic N) is 4. The molecule has 3 heterocycles. The molecule has 1 spiro atoms. The molecular weight excluding hydrogens is 549 g/mol. The van der Waals surface area contributed by atoms with E-state index in [2.05, 4.69) is 25.1 Å². The number of rotatable bonds is 10. The maximum atomic E-state index is 13.7. The normalized spacial score (nSPS) is 19.3. The van der Waals surface area contributed by atoms with Crippen molar-refractivity contribution in [3.63, 3.8) is 0 Å². The highest BCUT2D eigenvalue weighted by atomic mass is 35.5. The first-order valence-corrected chi connectivity index (χ1v) is 14.6. The number of likely N-dealkylation sites (N-methyl/N-ethyl adjacent to an activating group) is 1. The molecule has 41 heavy (non-hydrogen) atoms. The molecule has 3 aliphatic rings. The number of benzene rings is 2. The van der Waals surface area contributed by atoms with E-state index in [1.807, 2.05) is 19.2 Å². The van der Waals surface area contributed by atoms with Gasteiger partial charge < -0.3 is 24.4 Å². The molecule has 0 atom stereocenters. The van der Waals surface area contributed by atoms with Crippen LogP contribution in [0.25, 0.3) is 10.9 Å². The van der Waals surface area contributed by atoms with Crippen molar-refractivity contribution in [3.8, 4) is 11.5 Å². The second kappa shape index (κ2) is 12.0. The Labute approximate surface area is 243 Å². The van der Waals surface area contributed by atoms with Crippen molar-refractivity contribution in [1.82, 2.24) is 19.8 Å². The van der Waals surface area contributed by atoms with Gasteiger partial charge in [-0.05, 0) is 56.5 Å². The van der Waals surface area contributed by atoms with Gasteiger partial charge in [0, 0.05) is 56.2 Å². The van der Waals surface area contributed by atoms with Crippen molar-refractivity contribution in [3.05, 3.63) is 47.5 Å². The van der Waals surface area contributed by atoms with Crippen LogP contribution in [0.15, 0.2) is 36.7 Å². The average Bonchev–Trinajstić information content (AvgIpc) is 3.77. The number of morpholine rings is 1. The fraction of sp³-hybridized carbons (Fsp3) is 0.500. The third kappa shape index (κ3) is 6.82. The average molecular weight is 584 g/mol. The van der Waals surface area contributed by atoms with Gasteiger partial charge in [0.15, 0.2) is 11.5 Å². The highest BCUT2D eigenvalue weighted by molar-refractivity contribution is 6.31. The molecular formula is C30H35ClFN5O4. The number of fused-ring (bicyclic) bond motifs is 1. The van der Waals surface area contributed by atoms with Crippen LogP contribution in [-0.2, 0) is 9.53 Å². The second-order valence-electron chi connectivity index (χ2n) is 11.4. The van der Waals surface area contributed by atoms with Crippen LogP contribution in [0, 0.1) is 11.7 Å². The summed E-state index contributed by atoms with van der Waals surface area (Å²) < 4.78 is 31.9. The van der Waals surface area contributed by atoms with Crippen molar-refractivity contribution in [2.75, 3.05) is 58.3 Å². The first-order valence-electron chi connectivity index (χ1n) is 14.2. The van der Waals surface area contributed by atoms with E-state index >= 15 is 0 Å². The Morgan fingerprint density at radius 3 is 2.71 bits per heavy atom. The molecule has 3 aromatic rings. The van der Waals surface area contributed by atoms with Crippen molar-refractivity contribution >= 4 is 40.0 Å². The number of hydrogen-bond donors (Lipinski definition) is 1. The Kier molecular flexibility index (Phi) is 8.14. The van der Waals surface area contributed by atoms with Gasteiger partial charge in [0.2, 0.25) is 0 Å². The number of carbonyl (C=O) groups is 1. The van der Waals surface area contributed by atoms with Gasteiger partial charge in [0.25, 0.3) is 0 Å². The van der Waals surface area contributed by atoms with Crippen molar-refractivity contribution in [1.29, 1.82) is 0 Å². The lowest BCUT2D eigenvalue weighted by molar-refractivity contribution is -0.179. The van der Waals surface area contributed by atoms with E-state index in [4.69, 9.17) is 25.8 Å². The third-order valence-corrected chi connectivity index (χ3v) is 8.28. The van der Waals surface area contributed by atoms with Crippen LogP contribution in [0.5, 0.6) is 11.5 Å². The number of piperidine rings is 1. The zero-order chi connectivity index (χ0) is 28.4. The lowest BCUT2D eigenvalue weighted by Crippen LogP contribution is -2.57. The van der Waals surface area contributed by atoms with E-state index in [0.717, 1.165) is 50.8 Å². The summed E-state index contributed by atoms with van der Waals surface area (Å²) in [6.45, 7) is 5.03. The van der Waals surface area contributed by atoms with Crippen molar-refractivity contribution in [2.45, 2.75) is 37.7 Å². The summed E-state index contributed by atoms with van der Waals surface area (Å²) in [6, 6.07) is 8.25. The van der Waals surface area contributed by atoms with Gasteiger partial charge in [-0.1, -0.05) is 11.6 Å². The molecule has 2 aliphatic heterocycles. The fourth-order valence-corrected chi connectivity index (χ4v) is 5.76. The predicted octanol–water partition coefficient (Wildman–Crippen LogP) is 5.05.